The average molecular weight is 553 g/mol. The first-order chi connectivity index (χ1) is 17.9. The van der Waals surface area contributed by atoms with E-state index in [0.29, 0.717) is 6.42 Å². The molecule has 1 fully saturated rings. The highest BCUT2D eigenvalue weighted by molar-refractivity contribution is 8.14. The van der Waals surface area contributed by atoms with Gasteiger partial charge >= 0.3 is 0 Å². The van der Waals surface area contributed by atoms with Crippen molar-refractivity contribution in [1.29, 1.82) is 0 Å². The summed E-state index contributed by atoms with van der Waals surface area (Å²) < 4.78 is 25.2. The van der Waals surface area contributed by atoms with Crippen molar-refractivity contribution in [1.82, 2.24) is 4.90 Å². The number of rotatable bonds is 21. The minimum absolute atomic E-state index is 0.0411. The number of unbranched alkanes of at least 4 members (excludes halogenated alkanes) is 15. The SMILES string of the molecule is CCCCCCCCCCCCCCCCCCC(C(N)=O)N1C(=O)CSC1S(=O)(=O)c1ccccc1. The van der Waals surface area contributed by atoms with Crippen molar-refractivity contribution in [2.75, 3.05) is 5.75 Å². The van der Waals surface area contributed by atoms with Crippen LogP contribution in [0.4, 0.5) is 0 Å². The van der Waals surface area contributed by atoms with Crippen molar-refractivity contribution in [3.05, 3.63) is 30.3 Å². The molecule has 6 nitrogen and oxygen atoms in total. The number of benzene rings is 1. The van der Waals surface area contributed by atoms with Crippen LogP contribution in [0.25, 0.3) is 0 Å². The molecule has 8 heteroatoms. The van der Waals surface area contributed by atoms with Gasteiger partial charge in [0.2, 0.25) is 21.7 Å². The molecule has 0 aliphatic carbocycles. The van der Waals surface area contributed by atoms with Crippen molar-refractivity contribution in [3.63, 3.8) is 0 Å². The Hall–Kier alpha value is -1.54. The van der Waals surface area contributed by atoms with Gasteiger partial charge in [-0.05, 0) is 18.6 Å². The van der Waals surface area contributed by atoms with E-state index in [2.05, 4.69) is 6.92 Å². The van der Waals surface area contributed by atoms with Crippen molar-refractivity contribution >= 4 is 33.4 Å². The number of primary amides is 1. The molecule has 2 N–H and O–H groups in total. The first-order valence-corrected chi connectivity index (χ1v) is 17.0. The van der Waals surface area contributed by atoms with E-state index in [0.717, 1.165) is 31.0 Å². The second kappa shape index (κ2) is 17.9. The lowest BCUT2D eigenvalue weighted by atomic mass is 10.0. The number of nitrogens with two attached hydrogens (primary N) is 1. The number of nitrogens with zero attached hydrogens (tertiary/aromatic N) is 1. The Kier molecular flexibility index (Phi) is 15.3. The van der Waals surface area contributed by atoms with Crippen LogP contribution in [-0.4, -0.2) is 41.6 Å². The molecule has 210 valence electrons. The quantitative estimate of drug-likeness (QED) is 0.169. The van der Waals surface area contributed by atoms with Crippen molar-refractivity contribution in [2.45, 2.75) is 132 Å². The maximum atomic E-state index is 13.2. The van der Waals surface area contributed by atoms with Gasteiger partial charge < -0.3 is 10.6 Å². The molecule has 0 spiro atoms. The summed E-state index contributed by atoms with van der Waals surface area (Å²) in [4.78, 5) is 26.2. The van der Waals surface area contributed by atoms with Gasteiger partial charge in [0, 0.05) is 0 Å². The topological polar surface area (TPSA) is 97.5 Å². The molecule has 1 aliphatic rings. The minimum Gasteiger partial charge on any atom is -0.368 e. The summed E-state index contributed by atoms with van der Waals surface area (Å²) in [6, 6.07) is 7.20. The summed E-state index contributed by atoms with van der Waals surface area (Å²) in [6.45, 7) is 2.26. The lowest BCUT2D eigenvalue weighted by Crippen LogP contribution is -2.51. The van der Waals surface area contributed by atoms with Gasteiger partial charge in [-0.25, -0.2) is 8.42 Å². The predicted molar refractivity (Wildman–Crippen MR) is 154 cm³/mol. The van der Waals surface area contributed by atoms with Crippen LogP contribution in [0.1, 0.15) is 116 Å². The second-order valence-corrected chi connectivity index (χ2v) is 13.7. The maximum Gasteiger partial charge on any atom is 0.240 e. The highest BCUT2D eigenvalue weighted by Crippen LogP contribution is 2.35. The number of sulfone groups is 1. The zero-order chi connectivity index (χ0) is 26.9. The third-order valence-corrected chi connectivity index (χ3v) is 11.0. The summed E-state index contributed by atoms with van der Waals surface area (Å²) in [5.41, 5.74) is 5.65. The van der Waals surface area contributed by atoms with Gasteiger partial charge in [0.1, 0.15) is 6.04 Å². The molecule has 0 aromatic heterocycles. The van der Waals surface area contributed by atoms with E-state index in [-0.39, 0.29) is 16.6 Å². The Balaban J connectivity index is 1.64. The summed E-state index contributed by atoms with van der Waals surface area (Å²) in [7, 11) is -3.80. The van der Waals surface area contributed by atoms with Crippen molar-refractivity contribution in [2.24, 2.45) is 5.73 Å². The number of thioether (sulfide) groups is 1. The third-order valence-electron chi connectivity index (χ3n) is 7.20. The molecular weight excluding hydrogens is 504 g/mol. The molecule has 1 aromatic carbocycles. The summed E-state index contributed by atoms with van der Waals surface area (Å²) in [6.07, 6.45) is 20.5. The van der Waals surface area contributed by atoms with Crippen LogP contribution in [0.2, 0.25) is 0 Å². The highest BCUT2D eigenvalue weighted by atomic mass is 32.3. The Morgan fingerprint density at radius 1 is 0.865 bits per heavy atom. The monoisotopic (exact) mass is 552 g/mol. The van der Waals surface area contributed by atoms with Crippen LogP contribution in [0.15, 0.2) is 35.2 Å². The standard InChI is InChI=1S/C29H48N2O4S2/c1-2-3-4-5-6-7-8-9-10-11-12-13-14-15-16-20-23-26(28(30)33)31-27(32)24-36-29(31)37(34,35)25-21-18-17-19-22-25/h17-19,21-22,26,29H,2-16,20,23-24H2,1H3,(H2,30,33). The zero-order valence-corrected chi connectivity index (χ0v) is 24.4. The van der Waals surface area contributed by atoms with Crippen molar-refractivity contribution in [3.8, 4) is 0 Å². The van der Waals surface area contributed by atoms with Gasteiger partial charge in [0.05, 0.1) is 10.6 Å². The van der Waals surface area contributed by atoms with Crippen LogP contribution in [0.5, 0.6) is 0 Å². The molecule has 1 saturated heterocycles. The van der Waals surface area contributed by atoms with Gasteiger partial charge in [0.15, 0.2) is 4.71 Å². The molecule has 0 saturated carbocycles. The molecule has 1 heterocycles. The maximum absolute atomic E-state index is 13.2. The summed E-state index contributed by atoms with van der Waals surface area (Å²) in [5, 5.41) is 0. The first kappa shape index (κ1) is 31.7. The van der Waals surface area contributed by atoms with Gasteiger partial charge in [-0.2, -0.15) is 0 Å². The Bertz CT molecular complexity index is 892. The average Bonchev–Trinajstić information content (AvgIpc) is 3.28. The Labute approximate surface area is 229 Å². The van der Waals surface area contributed by atoms with E-state index in [9.17, 15) is 18.0 Å². The normalized spacial score (nSPS) is 16.8. The summed E-state index contributed by atoms with van der Waals surface area (Å²) >= 11 is 1.05. The van der Waals surface area contributed by atoms with Crippen LogP contribution in [0.3, 0.4) is 0 Å². The molecule has 2 rings (SSSR count). The van der Waals surface area contributed by atoms with Crippen LogP contribution >= 0.6 is 11.8 Å². The van der Waals surface area contributed by atoms with E-state index in [4.69, 9.17) is 5.73 Å². The van der Waals surface area contributed by atoms with Gasteiger partial charge in [0.25, 0.3) is 0 Å². The predicted octanol–water partition coefficient (Wildman–Crippen LogP) is 6.82. The van der Waals surface area contributed by atoms with Gasteiger partial charge in [-0.15, -0.1) is 11.8 Å². The molecule has 37 heavy (non-hydrogen) atoms. The van der Waals surface area contributed by atoms with E-state index in [1.54, 1.807) is 18.2 Å². The molecule has 2 atom stereocenters. The minimum atomic E-state index is -3.80. The lowest BCUT2D eigenvalue weighted by Gasteiger charge is -2.30. The summed E-state index contributed by atoms with van der Waals surface area (Å²) in [5.74, 6) is -0.931. The number of hydrogen-bond acceptors (Lipinski definition) is 5. The molecule has 0 radical (unpaired) electrons. The number of hydrogen-bond donors (Lipinski definition) is 1. The lowest BCUT2D eigenvalue weighted by molar-refractivity contribution is -0.136. The first-order valence-electron chi connectivity index (χ1n) is 14.4. The van der Waals surface area contributed by atoms with E-state index in [1.807, 2.05) is 0 Å². The zero-order valence-electron chi connectivity index (χ0n) is 22.7. The Morgan fingerprint density at radius 3 is 1.78 bits per heavy atom. The van der Waals surface area contributed by atoms with Gasteiger partial charge in [-0.3, -0.25) is 9.59 Å². The van der Waals surface area contributed by atoms with Gasteiger partial charge in [-0.1, -0.05) is 128 Å². The van der Waals surface area contributed by atoms with Crippen LogP contribution < -0.4 is 5.73 Å². The fourth-order valence-electron chi connectivity index (χ4n) is 5.01. The molecular formula is C29H48N2O4S2. The molecule has 0 bridgehead atoms. The molecule has 2 amide bonds. The van der Waals surface area contributed by atoms with E-state index < -0.39 is 26.5 Å². The number of carbonyl (C=O) groups is 2. The number of amides is 2. The molecule has 1 aliphatic heterocycles. The second-order valence-electron chi connectivity index (χ2n) is 10.3. The van der Waals surface area contributed by atoms with Crippen LogP contribution in [-0.2, 0) is 19.4 Å². The van der Waals surface area contributed by atoms with Crippen molar-refractivity contribution < 1.29 is 18.0 Å². The fraction of sp³-hybridized carbons (Fsp3) is 0.724. The largest absolute Gasteiger partial charge is 0.368 e. The highest BCUT2D eigenvalue weighted by Gasteiger charge is 2.46. The molecule has 1 aromatic rings. The fourth-order valence-corrected chi connectivity index (χ4v) is 8.45. The third kappa shape index (κ3) is 11.0. The number of carbonyl (C=O) groups excluding carboxylic acids is 2. The van der Waals surface area contributed by atoms with Crippen LogP contribution in [0, 0.1) is 0 Å². The van der Waals surface area contributed by atoms with E-state index >= 15 is 0 Å². The molecule has 2 unspecified atom stereocenters. The van der Waals surface area contributed by atoms with E-state index in [1.165, 1.54) is 101 Å². The smallest absolute Gasteiger partial charge is 0.240 e. The Morgan fingerprint density at radius 2 is 1.32 bits per heavy atom.